The molecule has 2 aromatic rings. The number of fused-ring (bicyclic) bond motifs is 1. The zero-order valence-corrected chi connectivity index (χ0v) is 21.0. The number of ether oxygens (including phenoxy) is 4. The predicted octanol–water partition coefficient (Wildman–Crippen LogP) is 5.86. The molecular formula is C28H35NO6. The standard InChI is InChI=1S/C28H35NO6/c1-5-21(6-2)28(18-29,27-34-23-11-7-8-12-24(23)35-27)15-9-10-20(26(30)31)16-19-13-14-22(32-3)25(17-19)33-4/h7-8,11-14,17,20-21,27H,5-6,9-10,15-16H2,1-4H3,(H,30,31). The number of para-hydroxylation sites is 2. The molecule has 0 radical (unpaired) electrons. The van der Waals surface area contributed by atoms with Crippen LogP contribution in [0.3, 0.4) is 0 Å². The first-order valence-corrected chi connectivity index (χ1v) is 12.2. The molecule has 1 N–H and O–H groups in total. The Morgan fingerprint density at radius 3 is 2.23 bits per heavy atom. The average molecular weight is 482 g/mol. The molecule has 0 spiro atoms. The molecule has 35 heavy (non-hydrogen) atoms. The van der Waals surface area contributed by atoms with Crippen LogP contribution in [0.5, 0.6) is 23.0 Å². The molecule has 1 aliphatic rings. The molecule has 0 amide bonds. The minimum absolute atomic E-state index is 0.0564. The number of aliphatic carboxylic acids is 1. The molecule has 0 aromatic heterocycles. The van der Waals surface area contributed by atoms with Gasteiger partial charge in [-0.2, -0.15) is 5.26 Å². The topological polar surface area (TPSA) is 98.0 Å². The van der Waals surface area contributed by atoms with Crippen molar-refractivity contribution in [3.63, 3.8) is 0 Å². The van der Waals surface area contributed by atoms with E-state index in [2.05, 4.69) is 19.9 Å². The van der Waals surface area contributed by atoms with Crippen LogP contribution < -0.4 is 18.9 Å². The van der Waals surface area contributed by atoms with Crippen molar-refractivity contribution in [2.24, 2.45) is 17.3 Å². The molecule has 0 aliphatic carbocycles. The van der Waals surface area contributed by atoms with E-state index in [1.807, 2.05) is 36.4 Å². The minimum Gasteiger partial charge on any atom is -0.493 e. The van der Waals surface area contributed by atoms with E-state index in [1.54, 1.807) is 20.3 Å². The van der Waals surface area contributed by atoms with Crippen LogP contribution in [0.4, 0.5) is 0 Å². The molecule has 7 heteroatoms. The Hall–Kier alpha value is -3.40. The van der Waals surface area contributed by atoms with Gasteiger partial charge in [-0.1, -0.05) is 51.3 Å². The predicted molar refractivity (Wildman–Crippen MR) is 132 cm³/mol. The fourth-order valence-electron chi connectivity index (χ4n) is 5.09. The van der Waals surface area contributed by atoms with Gasteiger partial charge in [0.2, 0.25) is 0 Å². The summed E-state index contributed by atoms with van der Waals surface area (Å²) in [5.74, 6) is 1.06. The lowest BCUT2D eigenvalue weighted by molar-refractivity contribution is -0.142. The monoisotopic (exact) mass is 481 g/mol. The van der Waals surface area contributed by atoms with Gasteiger partial charge < -0.3 is 24.1 Å². The van der Waals surface area contributed by atoms with E-state index in [4.69, 9.17) is 18.9 Å². The van der Waals surface area contributed by atoms with Gasteiger partial charge in [-0.25, -0.2) is 0 Å². The molecule has 2 atom stereocenters. The van der Waals surface area contributed by atoms with Gasteiger partial charge in [-0.3, -0.25) is 4.79 Å². The van der Waals surface area contributed by atoms with Crippen LogP contribution in [-0.4, -0.2) is 31.6 Å². The van der Waals surface area contributed by atoms with Crippen LogP contribution in [0.15, 0.2) is 42.5 Å². The van der Waals surface area contributed by atoms with Gasteiger partial charge in [0.15, 0.2) is 23.0 Å². The summed E-state index contributed by atoms with van der Waals surface area (Å²) >= 11 is 0. The van der Waals surface area contributed by atoms with Gasteiger partial charge in [0, 0.05) is 0 Å². The lowest BCUT2D eigenvalue weighted by Crippen LogP contribution is -2.45. The SMILES string of the molecule is CCC(CC)C(C#N)(CCCC(Cc1ccc(OC)c(OC)c1)C(=O)O)C1Oc2ccccc2O1. The fourth-order valence-corrected chi connectivity index (χ4v) is 5.09. The summed E-state index contributed by atoms with van der Waals surface area (Å²) in [4.78, 5) is 12.1. The third kappa shape index (κ3) is 5.64. The molecule has 3 rings (SSSR count). The van der Waals surface area contributed by atoms with E-state index >= 15 is 0 Å². The highest BCUT2D eigenvalue weighted by Gasteiger charge is 2.50. The molecule has 2 aromatic carbocycles. The smallest absolute Gasteiger partial charge is 0.306 e. The maximum atomic E-state index is 12.1. The Balaban J connectivity index is 1.75. The number of carboxylic acids is 1. The van der Waals surface area contributed by atoms with Gasteiger partial charge in [-0.05, 0) is 55.0 Å². The number of nitriles is 1. The van der Waals surface area contributed by atoms with Crippen molar-refractivity contribution in [3.05, 3.63) is 48.0 Å². The van der Waals surface area contributed by atoms with Crippen molar-refractivity contribution in [1.82, 2.24) is 0 Å². The lowest BCUT2D eigenvalue weighted by atomic mass is 9.69. The van der Waals surface area contributed by atoms with Crippen LogP contribution in [-0.2, 0) is 11.2 Å². The Bertz CT molecular complexity index is 1020. The summed E-state index contributed by atoms with van der Waals surface area (Å²) in [7, 11) is 3.12. The number of nitrogens with zero attached hydrogens (tertiary/aromatic N) is 1. The van der Waals surface area contributed by atoms with Gasteiger partial charge in [-0.15, -0.1) is 0 Å². The number of carbonyl (C=O) groups is 1. The van der Waals surface area contributed by atoms with E-state index < -0.39 is 23.6 Å². The highest BCUT2D eigenvalue weighted by atomic mass is 16.7. The Morgan fingerprint density at radius 1 is 1.09 bits per heavy atom. The normalized spacial score (nSPS) is 15.3. The van der Waals surface area contributed by atoms with E-state index in [0.29, 0.717) is 48.7 Å². The molecule has 0 bridgehead atoms. The first-order valence-electron chi connectivity index (χ1n) is 12.2. The highest BCUT2D eigenvalue weighted by molar-refractivity contribution is 5.70. The van der Waals surface area contributed by atoms with Crippen LogP contribution >= 0.6 is 0 Å². The zero-order valence-electron chi connectivity index (χ0n) is 21.0. The highest BCUT2D eigenvalue weighted by Crippen LogP contribution is 2.47. The van der Waals surface area contributed by atoms with Gasteiger partial charge >= 0.3 is 5.97 Å². The zero-order chi connectivity index (χ0) is 25.4. The Morgan fingerprint density at radius 2 is 1.71 bits per heavy atom. The number of carboxylic acid groups (broad SMARTS) is 1. The molecule has 0 saturated carbocycles. The minimum atomic E-state index is -0.880. The summed E-state index contributed by atoms with van der Waals surface area (Å²) in [5.41, 5.74) is -0.0194. The van der Waals surface area contributed by atoms with Crippen LogP contribution in [0.25, 0.3) is 0 Å². The first-order chi connectivity index (χ1) is 16.9. The summed E-state index contributed by atoms with van der Waals surface area (Å²) in [5, 5.41) is 20.3. The van der Waals surface area contributed by atoms with E-state index in [1.165, 1.54) is 0 Å². The second-order valence-electron chi connectivity index (χ2n) is 9.00. The number of methoxy groups -OCH3 is 2. The van der Waals surface area contributed by atoms with Crippen molar-refractivity contribution in [2.45, 2.75) is 58.7 Å². The summed E-state index contributed by atoms with van der Waals surface area (Å²) < 4.78 is 22.9. The molecule has 1 aliphatic heterocycles. The number of rotatable bonds is 13. The van der Waals surface area contributed by atoms with Gasteiger partial charge in [0.1, 0.15) is 5.41 Å². The fraction of sp³-hybridized carbons (Fsp3) is 0.500. The van der Waals surface area contributed by atoms with Gasteiger partial charge in [0.25, 0.3) is 6.29 Å². The summed E-state index contributed by atoms with van der Waals surface area (Å²) in [6.07, 6.45) is 2.74. The molecule has 7 nitrogen and oxygen atoms in total. The molecule has 188 valence electrons. The lowest BCUT2D eigenvalue weighted by Gasteiger charge is -2.37. The molecule has 2 unspecified atom stereocenters. The quantitative estimate of drug-likeness (QED) is 0.382. The third-order valence-electron chi connectivity index (χ3n) is 7.08. The number of hydrogen-bond acceptors (Lipinski definition) is 6. The first kappa shape index (κ1) is 26.2. The second kappa shape index (κ2) is 11.8. The van der Waals surface area contributed by atoms with Crippen molar-refractivity contribution in [3.8, 4) is 29.1 Å². The largest absolute Gasteiger partial charge is 0.493 e. The van der Waals surface area contributed by atoms with Crippen LogP contribution in [0.2, 0.25) is 0 Å². The van der Waals surface area contributed by atoms with Gasteiger partial charge in [0.05, 0.1) is 26.2 Å². The van der Waals surface area contributed by atoms with Crippen molar-refractivity contribution in [2.75, 3.05) is 14.2 Å². The van der Waals surface area contributed by atoms with Crippen molar-refractivity contribution >= 4 is 5.97 Å². The summed E-state index contributed by atoms with van der Waals surface area (Å²) in [6, 6.07) is 15.4. The Kier molecular flexibility index (Phi) is 8.86. The molecule has 0 fully saturated rings. The maximum Gasteiger partial charge on any atom is 0.306 e. The van der Waals surface area contributed by atoms with E-state index in [0.717, 1.165) is 18.4 Å². The molecule has 0 saturated heterocycles. The van der Waals surface area contributed by atoms with Crippen molar-refractivity contribution < 1.29 is 28.8 Å². The summed E-state index contributed by atoms with van der Waals surface area (Å²) in [6.45, 7) is 4.14. The molecular weight excluding hydrogens is 446 g/mol. The van der Waals surface area contributed by atoms with E-state index in [-0.39, 0.29) is 5.92 Å². The van der Waals surface area contributed by atoms with Crippen molar-refractivity contribution in [1.29, 1.82) is 5.26 Å². The number of hydrogen-bond donors (Lipinski definition) is 1. The maximum absolute atomic E-state index is 12.1. The Labute approximate surface area is 207 Å². The number of benzene rings is 2. The average Bonchev–Trinajstić information content (AvgIpc) is 3.32. The van der Waals surface area contributed by atoms with Crippen LogP contribution in [0, 0.1) is 28.6 Å². The van der Waals surface area contributed by atoms with E-state index in [9.17, 15) is 15.2 Å². The third-order valence-corrected chi connectivity index (χ3v) is 7.08. The second-order valence-corrected chi connectivity index (χ2v) is 9.00. The molecule has 1 heterocycles. The van der Waals surface area contributed by atoms with Crippen LogP contribution in [0.1, 0.15) is 51.5 Å².